The number of nitrogens with zero attached hydrogens (tertiary/aromatic N) is 3. The Morgan fingerprint density at radius 2 is 2.11 bits per heavy atom. The van der Waals surface area contributed by atoms with Gasteiger partial charge in [0.15, 0.2) is 0 Å². The summed E-state index contributed by atoms with van der Waals surface area (Å²) in [6.07, 6.45) is 2.71. The Morgan fingerprint density at radius 3 is 2.80 bits per heavy atom. The summed E-state index contributed by atoms with van der Waals surface area (Å²) < 4.78 is 27.6. The lowest BCUT2D eigenvalue weighted by Crippen LogP contribution is -2.43. The molecule has 4 rings (SSSR count). The maximum Gasteiger partial charge on any atom is 0.317 e. The van der Waals surface area contributed by atoms with E-state index in [1.807, 2.05) is 26.0 Å². The molecule has 0 spiro atoms. The van der Waals surface area contributed by atoms with Crippen molar-refractivity contribution in [2.24, 2.45) is 0 Å². The van der Waals surface area contributed by atoms with E-state index in [4.69, 9.17) is 26.2 Å². The van der Waals surface area contributed by atoms with E-state index >= 15 is 0 Å². The van der Waals surface area contributed by atoms with Crippen LogP contribution in [0.4, 0.5) is 9.18 Å². The van der Waals surface area contributed by atoms with Gasteiger partial charge in [-0.1, -0.05) is 24.6 Å². The minimum absolute atomic E-state index is 0.0124. The summed E-state index contributed by atoms with van der Waals surface area (Å²) in [6, 6.07) is 13.0. The molecule has 2 amide bonds. The van der Waals surface area contributed by atoms with Gasteiger partial charge >= 0.3 is 6.03 Å². The Labute approximate surface area is 209 Å². The molecule has 0 aliphatic carbocycles. The third-order valence-electron chi connectivity index (χ3n) is 5.83. The molecular weight excluding hydrogens is 471 g/mol. The second kappa shape index (κ2) is 11.6. The average molecular weight is 501 g/mol. The van der Waals surface area contributed by atoms with Gasteiger partial charge in [-0.3, -0.25) is 0 Å². The predicted molar refractivity (Wildman–Crippen MR) is 133 cm³/mol. The van der Waals surface area contributed by atoms with E-state index in [1.165, 1.54) is 12.1 Å². The minimum atomic E-state index is -0.405. The van der Waals surface area contributed by atoms with Gasteiger partial charge in [0.25, 0.3) is 0 Å². The number of nitrogens with one attached hydrogen (secondary N) is 1. The average Bonchev–Trinajstić information content (AvgIpc) is 3.46. The van der Waals surface area contributed by atoms with Crippen molar-refractivity contribution >= 4 is 17.6 Å². The molecule has 35 heavy (non-hydrogen) atoms. The van der Waals surface area contributed by atoms with Crippen molar-refractivity contribution in [3.05, 3.63) is 70.6 Å². The summed E-state index contributed by atoms with van der Waals surface area (Å²) in [5, 5.41) is 8.27. The molecular formula is C26H30ClFN4O3. The highest BCUT2D eigenvalue weighted by atomic mass is 35.5. The number of carbonyl (C=O) groups excluding carboxylic acids is 1. The number of urea groups is 1. The monoisotopic (exact) mass is 500 g/mol. The van der Waals surface area contributed by atoms with E-state index in [1.54, 1.807) is 33.8 Å². The number of amides is 2. The molecule has 1 N–H and O–H groups in total. The third-order valence-corrected chi connectivity index (χ3v) is 6.08. The Bertz CT molecular complexity index is 1150. The van der Waals surface area contributed by atoms with Crippen molar-refractivity contribution in [2.75, 3.05) is 19.7 Å². The van der Waals surface area contributed by atoms with Gasteiger partial charge in [-0.05, 0) is 62.6 Å². The quantitative estimate of drug-likeness (QED) is 0.399. The van der Waals surface area contributed by atoms with Gasteiger partial charge < -0.3 is 19.7 Å². The molecule has 0 radical (unpaired) electrons. The van der Waals surface area contributed by atoms with Crippen molar-refractivity contribution in [2.45, 2.75) is 45.8 Å². The van der Waals surface area contributed by atoms with E-state index in [0.717, 1.165) is 30.5 Å². The summed E-state index contributed by atoms with van der Waals surface area (Å²) in [4.78, 5) is 14.8. The largest absolute Gasteiger partial charge is 0.438 e. The molecule has 2 aromatic carbocycles. The zero-order chi connectivity index (χ0) is 24.8. The zero-order valence-corrected chi connectivity index (χ0v) is 20.7. The summed E-state index contributed by atoms with van der Waals surface area (Å²) >= 11 is 6.08. The predicted octanol–water partition coefficient (Wildman–Crippen LogP) is 5.87. The van der Waals surface area contributed by atoms with Crippen molar-refractivity contribution in [1.29, 1.82) is 0 Å². The van der Waals surface area contributed by atoms with Gasteiger partial charge in [-0.15, -0.1) is 0 Å². The second-order valence-corrected chi connectivity index (χ2v) is 9.00. The van der Waals surface area contributed by atoms with Gasteiger partial charge in [0, 0.05) is 30.8 Å². The fourth-order valence-electron chi connectivity index (χ4n) is 4.01. The molecule has 0 unspecified atom stereocenters. The first-order valence-electron chi connectivity index (χ1n) is 11.9. The van der Waals surface area contributed by atoms with E-state index < -0.39 is 5.82 Å². The van der Waals surface area contributed by atoms with Crippen LogP contribution in [0, 0.1) is 12.7 Å². The van der Waals surface area contributed by atoms with Crippen LogP contribution in [0.25, 0.3) is 5.69 Å². The minimum Gasteiger partial charge on any atom is -0.438 e. The molecule has 1 aromatic heterocycles. The first-order chi connectivity index (χ1) is 16.9. The number of hydrogen-bond acceptors (Lipinski definition) is 4. The number of benzene rings is 2. The van der Waals surface area contributed by atoms with Crippen LogP contribution in [0.2, 0.25) is 5.02 Å². The van der Waals surface area contributed by atoms with Crippen LogP contribution in [0.3, 0.4) is 0 Å². The number of aryl methyl sites for hydroxylation is 1. The van der Waals surface area contributed by atoms with Crippen LogP contribution in [0.1, 0.15) is 37.4 Å². The SMILES string of the molecule is CCCNC(=O)N(Cc1c(C)nn(-c2ccc(Cl)cc2)c1Oc1cccc(F)c1)C[C@H]1CCCO1. The molecule has 1 saturated heterocycles. The lowest BCUT2D eigenvalue weighted by atomic mass is 10.2. The summed E-state index contributed by atoms with van der Waals surface area (Å²) in [5.41, 5.74) is 2.16. The van der Waals surface area contributed by atoms with Crippen LogP contribution in [0.15, 0.2) is 48.5 Å². The molecule has 1 aliphatic heterocycles. The van der Waals surface area contributed by atoms with Gasteiger partial charge in [0.05, 0.1) is 29.6 Å². The molecule has 186 valence electrons. The van der Waals surface area contributed by atoms with Crippen molar-refractivity contribution in [1.82, 2.24) is 20.0 Å². The summed E-state index contributed by atoms with van der Waals surface area (Å²) in [5.74, 6) is 0.343. The standard InChI is InChI=1S/C26H30ClFN4O3/c1-3-13-29-26(33)31(16-23-8-5-14-34-23)17-24-18(2)30-32(21-11-9-19(27)10-12-21)25(24)35-22-7-4-6-20(28)15-22/h4,6-7,9-12,15,23H,3,5,8,13-14,16-17H2,1-2H3,(H,29,33)/t23-/m1/s1. The van der Waals surface area contributed by atoms with Gasteiger partial charge in [-0.25, -0.2) is 13.9 Å². The van der Waals surface area contributed by atoms with Crippen LogP contribution in [0.5, 0.6) is 11.6 Å². The Kier molecular flexibility index (Phi) is 8.25. The first kappa shape index (κ1) is 25.0. The van der Waals surface area contributed by atoms with Crippen molar-refractivity contribution in [3.63, 3.8) is 0 Å². The first-order valence-corrected chi connectivity index (χ1v) is 12.2. The molecule has 3 aromatic rings. The summed E-state index contributed by atoms with van der Waals surface area (Å²) in [6.45, 7) is 5.89. The molecule has 1 fully saturated rings. The molecule has 0 bridgehead atoms. The maximum absolute atomic E-state index is 13.9. The Morgan fingerprint density at radius 1 is 1.31 bits per heavy atom. The number of halogens is 2. The highest BCUT2D eigenvalue weighted by molar-refractivity contribution is 6.30. The number of hydrogen-bond donors (Lipinski definition) is 1. The smallest absolute Gasteiger partial charge is 0.317 e. The number of aromatic nitrogens is 2. The van der Waals surface area contributed by atoms with Crippen molar-refractivity contribution in [3.8, 4) is 17.3 Å². The Hall–Kier alpha value is -3.10. The highest BCUT2D eigenvalue weighted by Crippen LogP contribution is 2.32. The number of carbonyl (C=O) groups is 1. The van der Waals surface area contributed by atoms with E-state index in [2.05, 4.69) is 5.32 Å². The zero-order valence-electron chi connectivity index (χ0n) is 20.0. The van der Waals surface area contributed by atoms with E-state index in [-0.39, 0.29) is 18.7 Å². The van der Waals surface area contributed by atoms with E-state index in [9.17, 15) is 9.18 Å². The fraction of sp³-hybridized carbons (Fsp3) is 0.385. The topological polar surface area (TPSA) is 68.6 Å². The lowest BCUT2D eigenvalue weighted by Gasteiger charge is -2.26. The molecule has 1 atom stereocenters. The Balaban J connectivity index is 1.71. The van der Waals surface area contributed by atoms with Crippen LogP contribution < -0.4 is 10.1 Å². The fourth-order valence-corrected chi connectivity index (χ4v) is 4.14. The molecule has 1 aliphatic rings. The van der Waals surface area contributed by atoms with E-state index in [0.29, 0.717) is 42.0 Å². The third kappa shape index (κ3) is 6.32. The van der Waals surface area contributed by atoms with Crippen LogP contribution in [-0.2, 0) is 11.3 Å². The van der Waals surface area contributed by atoms with Gasteiger partial charge in [-0.2, -0.15) is 5.10 Å². The lowest BCUT2D eigenvalue weighted by molar-refractivity contribution is 0.0793. The van der Waals surface area contributed by atoms with Gasteiger partial charge in [0.1, 0.15) is 11.6 Å². The molecule has 7 nitrogen and oxygen atoms in total. The van der Waals surface area contributed by atoms with Crippen molar-refractivity contribution < 1.29 is 18.7 Å². The van der Waals surface area contributed by atoms with Gasteiger partial charge in [0.2, 0.25) is 5.88 Å². The second-order valence-electron chi connectivity index (χ2n) is 8.56. The molecule has 9 heteroatoms. The number of ether oxygens (including phenoxy) is 2. The molecule has 2 heterocycles. The van der Waals surface area contributed by atoms with Crippen LogP contribution in [-0.4, -0.2) is 46.5 Å². The normalized spacial score (nSPS) is 15.3. The van der Waals surface area contributed by atoms with Crippen LogP contribution >= 0.6 is 11.6 Å². The summed E-state index contributed by atoms with van der Waals surface area (Å²) in [7, 11) is 0. The molecule has 0 saturated carbocycles. The maximum atomic E-state index is 13.9. The highest BCUT2D eigenvalue weighted by Gasteiger charge is 2.27. The number of rotatable bonds is 9.